The average Bonchev–Trinajstić information content (AvgIpc) is 3.51. The van der Waals surface area contributed by atoms with Crippen LogP contribution in [0.25, 0.3) is 0 Å². The Hall–Kier alpha value is -2.69. The van der Waals surface area contributed by atoms with Crippen LogP contribution in [-0.2, 0) is 4.79 Å². The highest BCUT2D eigenvalue weighted by molar-refractivity contribution is 5.92. The van der Waals surface area contributed by atoms with Crippen LogP contribution in [0.4, 0.5) is 5.69 Å². The highest BCUT2D eigenvalue weighted by Crippen LogP contribution is 2.46. The lowest BCUT2D eigenvalue weighted by Crippen LogP contribution is -2.17. The second kappa shape index (κ2) is 8.13. The number of carbonyl (C=O) groups is 1. The van der Waals surface area contributed by atoms with E-state index >= 15 is 0 Å². The molecule has 0 spiro atoms. The van der Waals surface area contributed by atoms with Gasteiger partial charge in [-0.1, -0.05) is 18.2 Å². The summed E-state index contributed by atoms with van der Waals surface area (Å²) >= 11 is 0. The van der Waals surface area contributed by atoms with Gasteiger partial charge in [0.2, 0.25) is 5.91 Å². The second-order valence-electron chi connectivity index (χ2n) is 6.51. The van der Waals surface area contributed by atoms with Crippen molar-refractivity contribution in [2.24, 2.45) is 5.92 Å². The number of hydrogen-bond acceptors (Lipinski definition) is 4. The monoisotopic (exact) mass is 355 g/mol. The van der Waals surface area contributed by atoms with Crippen molar-refractivity contribution in [1.82, 2.24) is 0 Å². The molecule has 0 bridgehead atoms. The zero-order valence-electron chi connectivity index (χ0n) is 15.5. The molecule has 1 aliphatic rings. The molecule has 5 heteroatoms. The van der Waals surface area contributed by atoms with Crippen molar-refractivity contribution in [1.29, 1.82) is 0 Å². The summed E-state index contributed by atoms with van der Waals surface area (Å²) in [6.07, 6.45) is 2.74. The van der Waals surface area contributed by atoms with Crippen LogP contribution in [0.15, 0.2) is 42.5 Å². The molecule has 1 fully saturated rings. The lowest BCUT2D eigenvalue weighted by atomic mass is 9.90. The van der Waals surface area contributed by atoms with E-state index < -0.39 is 0 Å². The van der Waals surface area contributed by atoms with Crippen LogP contribution in [0.2, 0.25) is 0 Å². The minimum atomic E-state index is -0.0128. The smallest absolute Gasteiger partial charge is 0.225 e. The van der Waals surface area contributed by atoms with Crippen molar-refractivity contribution in [3.63, 3.8) is 0 Å². The molecule has 1 saturated carbocycles. The fourth-order valence-electron chi connectivity index (χ4n) is 3.29. The summed E-state index contributed by atoms with van der Waals surface area (Å²) in [6, 6.07) is 13.4. The largest absolute Gasteiger partial charge is 0.495 e. The van der Waals surface area contributed by atoms with Crippen molar-refractivity contribution >= 4 is 11.6 Å². The van der Waals surface area contributed by atoms with Crippen molar-refractivity contribution < 1.29 is 19.0 Å². The van der Waals surface area contributed by atoms with Crippen LogP contribution >= 0.6 is 0 Å². The first-order chi connectivity index (χ1) is 12.7. The molecule has 1 N–H and O–H groups in total. The number of nitrogens with one attached hydrogen (secondary N) is 1. The van der Waals surface area contributed by atoms with Gasteiger partial charge in [0.05, 0.1) is 27.0 Å². The van der Waals surface area contributed by atoms with Crippen LogP contribution in [0.5, 0.6) is 17.2 Å². The molecule has 138 valence electrons. The van der Waals surface area contributed by atoms with Gasteiger partial charge in [0.15, 0.2) is 11.5 Å². The molecule has 0 aromatic heterocycles. The summed E-state index contributed by atoms with van der Waals surface area (Å²) in [4.78, 5) is 12.7. The van der Waals surface area contributed by atoms with Crippen molar-refractivity contribution in [2.45, 2.75) is 25.2 Å². The molecule has 1 unspecified atom stereocenters. The number of amides is 1. The third-order valence-corrected chi connectivity index (χ3v) is 4.81. The average molecular weight is 355 g/mol. The van der Waals surface area contributed by atoms with Gasteiger partial charge >= 0.3 is 0 Å². The Morgan fingerprint density at radius 1 is 1.00 bits per heavy atom. The van der Waals surface area contributed by atoms with Crippen LogP contribution in [0.1, 0.15) is 30.7 Å². The molecule has 0 radical (unpaired) electrons. The molecule has 2 aromatic carbocycles. The first-order valence-corrected chi connectivity index (χ1v) is 8.81. The van der Waals surface area contributed by atoms with Crippen LogP contribution < -0.4 is 19.5 Å². The molecule has 0 aliphatic heterocycles. The minimum absolute atomic E-state index is 0.0128. The predicted octanol–water partition coefficient (Wildman–Crippen LogP) is 4.23. The molecule has 5 nitrogen and oxygen atoms in total. The predicted molar refractivity (Wildman–Crippen MR) is 101 cm³/mol. The molecule has 0 saturated heterocycles. The summed E-state index contributed by atoms with van der Waals surface area (Å²) in [5.74, 6) is 2.75. The molecule has 1 aliphatic carbocycles. The minimum Gasteiger partial charge on any atom is -0.495 e. The van der Waals surface area contributed by atoms with Gasteiger partial charge in [-0.25, -0.2) is 0 Å². The first kappa shape index (κ1) is 18.1. The van der Waals surface area contributed by atoms with E-state index in [1.165, 1.54) is 0 Å². The maximum absolute atomic E-state index is 12.7. The molecule has 26 heavy (non-hydrogen) atoms. The standard InChI is InChI=1S/C21H25NO4/c1-24-18-7-5-4-6-17(18)22-21(23)13-16(14-8-9-14)15-10-11-19(25-2)20(12-15)26-3/h4-7,10-12,14,16H,8-9,13H2,1-3H3,(H,22,23). The lowest BCUT2D eigenvalue weighted by molar-refractivity contribution is -0.116. The van der Waals surface area contributed by atoms with E-state index in [0.29, 0.717) is 35.3 Å². The quantitative estimate of drug-likeness (QED) is 0.770. The summed E-state index contributed by atoms with van der Waals surface area (Å²) in [5, 5.41) is 2.98. The Balaban J connectivity index is 1.76. The zero-order chi connectivity index (χ0) is 18.5. The fourth-order valence-corrected chi connectivity index (χ4v) is 3.29. The number of anilines is 1. The topological polar surface area (TPSA) is 56.8 Å². The van der Waals surface area contributed by atoms with Gasteiger partial charge in [0.1, 0.15) is 5.75 Å². The third kappa shape index (κ3) is 4.10. The fraction of sp³-hybridized carbons (Fsp3) is 0.381. The van der Waals surface area contributed by atoms with Crippen molar-refractivity contribution in [2.75, 3.05) is 26.6 Å². The van der Waals surface area contributed by atoms with Crippen LogP contribution in [-0.4, -0.2) is 27.2 Å². The SMILES string of the molecule is COc1ccccc1NC(=O)CC(c1ccc(OC)c(OC)c1)C1CC1. The number of rotatable bonds is 8. The number of ether oxygens (including phenoxy) is 3. The summed E-state index contributed by atoms with van der Waals surface area (Å²) in [6.45, 7) is 0. The maximum atomic E-state index is 12.7. The van der Waals surface area contributed by atoms with Crippen molar-refractivity contribution in [3.05, 3.63) is 48.0 Å². The summed E-state index contributed by atoms with van der Waals surface area (Å²) in [5.41, 5.74) is 1.81. The van der Waals surface area contributed by atoms with E-state index in [2.05, 4.69) is 5.32 Å². The number of carbonyl (C=O) groups excluding carboxylic acids is 1. The van der Waals surface area contributed by atoms with Gasteiger partial charge in [-0.2, -0.15) is 0 Å². The number of benzene rings is 2. The number of methoxy groups -OCH3 is 3. The zero-order valence-corrected chi connectivity index (χ0v) is 15.5. The van der Waals surface area contributed by atoms with E-state index in [0.717, 1.165) is 18.4 Å². The Kier molecular flexibility index (Phi) is 5.66. The molecule has 2 aromatic rings. The van der Waals surface area contributed by atoms with Crippen LogP contribution in [0.3, 0.4) is 0 Å². The third-order valence-electron chi connectivity index (χ3n) is 4.81. The maximum Gasteiger partial charge on any atom is 0.225 e. The van der Waals surface area contributed by atoms with E-state index in [1.807, 2.05) is 42.5 Å². The molecule has 3 rings (SSSR count). The van der Waals surface area contributed by atoms with E-state index in [-0.39, 0.29) is 11.8 Å². The highest BCUT2D eigenvalue weighted by Gasteiger charge is 2.34. The van der Waals surface area contributed by atoms with Gasteiger partial charge in [0.25, 0.3) is 0 Å². The van der Waals surface area contributed by atoms with E-state index in [1.54, 1.807) is 21.3 Å². The number of para-hydroxylation sites is 2. The second-order valence-corrected chi connectivity index (χ2v) is 6.51. The molecule has 1 atom stereocenters. The van der Waals surface area contributed by atoms with Gasteiger partial charge in [0, 0.05) is 6.42 Å². The van der Waals surface area contributed by atoms with Gasteiger partial charge in [-0.15, -0.1) is 0 Å². The lowest BCUT2D eigenvalue weighted by Gasteiger charge is -2.19. The van der Waals surface area contributed by atoms with E-state index in [9.17, 15) is 4.79 Å². The first-order valence-electron chi connectivity index (χ1n) is 8.81. The Morgan fingerprint density at radius 2 is 1.69 bits per heavy atom. The molecule has 0 heterocycles. The Bertz CT molecular complexity index is 770. The van der Waals surface area contributed by atoms with Crippen molar-refractivity contribution in [3.8, 4) is 17.2 Å². The normalized spacial score (nSPS) is 14.4. The van der Waals surface area contributed by atoms with Gasteiger partial charge in [-0.05, 0) is 54.5 Å². The van der Waals surface area contributed by atoms with Gasteiger partial charge in [-0.3, -0.25) is 4.79 Å². The van der Waals surface area contributed by atoms with E-state index in [4.69, 9.17) is 14.2 Å². The Labute approximate surface area is 154 Å². The molecular weight excluding hydrogens is 330 g/mol. The summed E-state index contributed by atoms with van der Waals surface area (Å²) < 4.78 is 16.0. The van der Waals surface area contributed by atoms with Crippen LogP contribution in [0, 0.1) is 5.92 Å². The molecular formula is C21H25NO4. The summed E-state index contributed by atoms with van der Waals surface area (Å²) in [7, 11) is 4.85. The molecule has 1 amide bonds. The highest BCUT2D eigenvalue weighted by atomic mass is 16.5. The number of hydrogen-bond donors (Lipinski definition) is 1. The Morgan fingerprint density at radius 3 is 2.35 bits per heavy atom. The van der Waals surface area contributed by atoms with Gasteiger partial charge < -0.3 is 19.5 Å².